The van der Waals surface area contributed by atoms with Gasteiger partial charge in [0.1, 0.15) is 0 Å². The molecule has 26 heavy (non-hydrogen) atoms. The van der Waals surface area contributed by atoms with Crippen molar-refractivity contribution in [2.24, 2.45) is 11.7 Å². The minimum absolute atomic E-state index is 0.0924. The summed E-state index contributed by atoms with van der Waals surface area (Å²) < 4.78 is 27.9. The average Bonchev–Trinajstić information content (AvgIpc) is 3.43. The molecule has 0 spiro atoms. The molecule has 1 fully saturated rings. The molecular weight excluding hydrogens is 350 g/mol. The van der Waals surface area contributed by atoms with Gasteiger partial charge in [-0.15, -0.1) is 0 Å². The molecular formula is C19H29N3O3S. The largest absolute Gasteiger partial charge is 0.337 e. The zero-order chi connectivity index (χ0) is 18.9. The molecule has 1 saturated carbocycles. The third-order valence-electron chi connectivity index (χ3n) is 5.16. The van der Waals surface area contributed by atoms with E-state index in [1.807, 2.05) is 13.0 Å². The van der Waals surface area contributed by atoms with E-state index >= 15 is 0 Å². The minimum atomic E-state index is -3.50. The molecule has 1 aromatic carbocycles. The lowest BCUT2D eigenvalue weighted by atomic mass is 9.99. The van der Waals surface area contributed by atoms with Crippen molar-refractivity contribution in [2.75, 3.05) is 19.6 Å². The van der Waals surface area contributed by atoms with Gasteiger partial charge in [0.05, 0.1) is 10.9 Å². The van der Waals surface area contributed by atoms with Gasteiger partial charge in [0.2, 0.25) is 15.9 Å². The lowest BCUT2D eigenvalue weighted by Gasteiger charge is -2.30. The monoisotopic (exact) mass is 379 g/mol. The molecule has 2 N–H and O–H groups in total. The molecule has 1 atom stereocenters. The minimum Gasteiger partial charge on any atom is -0.337 e. The quantitative estimate of drug-likeness (QED) is 0.782. The van der Waals surface area contributed by atoms with Crippen molar-refractivity contribution in [3.63, 3.8) is 0 Å². The zero-order valence-corrected chi connectivity index (χ0v) is 16.5. The molecule has 7 heteroatoms. The topological polar surface area (TPSA) is 83.7 Å². The van der Waals surface area contributed by atoms with Crippen LogP contribution in [0, 0.1) is 5.92 Å². The molecule has 1 heterocycles. The Kier molecular flexibility index (Phi) is 5.69. The second kappa shape index (κ2) is 7.66. The molecule has 0 unspecified atom stereocenters. The van der Waals surface area contributed by atoms with E-state index < -0.39 is 16.1 Å². The summed E-state index contributed by atoms with van der Waals surface area (Å²) in [5.74, 6) is 0.415. The van der Waals surface area contributed by atoms with Crippen molar-refractivity contribution in [3.8, 4) is 0 Å². The number of hydrogen-bond donors (Lipinski definition) is 1. The molecule has 1 aromatic rings. The first-order valence-electron chi connectivity index (χ1n) is 9.49. The SMILES string of the molecule is CCCN(CC1CC1)S(=O)(=O)c1ccc2c(c1)CN(C(=O)[C@H](C)N)CC2. The number of carbonyl (C=O) groups is 1. The van der Waals surface area contributed by atoms with E-state index in [1.54, 1.807) is 28.3 Å². The maximum absolute atomic E-state index is 13.1. The summed E-state index contributed by atoms with van der Waals surface area (Å²) >= 11 is 0. The molecule has 0 bridgehead atoms. The van der Waals surface area contributed by atoms with Gasteiger partial charge in [-0.2, -0.15) is 4.31 Å². The highest BCUT2D eigenvalue weighted by Gasteiger charge is 2.32. The van der Waals surface area contributed by atoms with Gasteiger partial charge in [-0.3, -0.25) is 4.79 Å². The Morgan fingerprint density at radius 3 is 2.69 bits per heavy atom. The lowest BCUT2D eigenvalue weighted by molar-refractivity contribution is -0.133. The van der Waals surface area contributed by atoms with E-state index in [-0.39, 0.29) is 5.91 Å². The van der Waals surface area contributed by atoms with Crippen LogP contribution in [0.15, 0.2) is 23.1 Å². The van der Waals surface area contributed by atoms with Crippen LogP contribution in [0.25, 0.3) is 0 Å². The van der Waals surface area contributed by atoms with E-state index in [9.17, 15) is 13.2 Å². The van der Waals surface area contributed by atoms with E-state index in [2.05, 4.69) is 0 Å². The first-order valence-corrected chi connectivity index (χ1v) is 10.9. The summed E-state index contributed by atoms with van der Waals surface area (Å²) in [5, 5.41) is 0. The normalized spacial score (nSPS) is 18.7. The Bertz CT molecular complexity index is 772. The molecule has 3 rings (SSSR count). The number of nitrogens with two attached hydrogens (primary N) is 1. The summed E-state index contributed by atoms with van der Waals surface area (Å²) in [7, 11) is -3.50. The standard InChI is InChI=1S/C19H29N3O3S/c1-3-9-22(12-15-4-5-15)26(24,25)18-7-6-16-8-10-21(13-17(16)11-18)19(23)14(2)20/h6-7,11,14-15H,3-5,8-10,12-13,20H2,1-2H3/t14-/m0/s1. The number of amides is 1. The molecule has 6 nitrogen and oxygen atoms in total. The van der Waals surface area contributed by atoms with E-state index in [0.717, 1.165) is 36.8 Å². The third-order valence-corrected chi connectivity index (χ3v) is 7.02. The first kappa shape index (κ1) is 19.3. The maximum Gasteiger partial charge on any atom is 0.243 e. The number of fused-ring (bicyclic) bond motifs is 1. The maximum atomic E-state index is 13.1. The molecule has 0 radical (unpaired) electrons. The van der Waals surface area contributed by atoms with Gasteiger partial charge in [-0.05, 0) is 61.8 Å². The van der Waals surface area contributed by atoms with Crippen LogP contribution in [0.5, 0.6) is 0 Å². The average molecular weight is 380 g/mol. The number of nitrogens with zero attached hydrogens (tertiary/aromatic N) is 2. The fraction of sp³-hybridized carbons (Fsp3) is 0.632. The Labute approximate surface area is 156 Å². The zero-order valence-electron chi connectivity index (χ0n) is 15.6. The van der Waals surface area contributed by atoms with Crippen molar-refractivity contribution in [1.82, 2.24) is 9.21 Å². The predicted molar refractivity (Wildman–Crippen MR) is 101 cm³/mol. The van der Waals surface area contributed by atoms with Gasteiger partial charge < -0.3 is 10.6 Å². The van der Waals surface area contributed by atoms with Crippen LogP contribution in [0.4, 0.5) is 0 Å². The number of sulfonamides is 1. The molecule has 0 saturated heterocycles. The fourth-order valence-electron chi connectivity index (χ4n) is 3.47. The summed E-state index contributed by atoms with van der Waals surface area (Å²) in [6.07, 6.45) is 3.77. The van der Waals surface area contributed by atoms with Crippen LogP contribution < -0.4 is 5.73 Å². The molecule has 0 aromatic heterocycles. The van der Waals surface area contributed by atoms with E-state index in [0.29, 0.717) is 37.0 Å². The molecule has 1 aliphatic heterocycles. The van der Waals surface area contributed by atoms with Crippen molar-refractivity contribution < 1.29 is 13.2 Å². The molecule has 2 aliphatic rings. The lowest BCUT2D eigenvalue weighted by Crippen LogP contribution is -2.44. The van der Waals surface area contributed by atoms with Gasteiger partial charge in [0.15, 0.2) is 0 Å². The second-order valence-electron chi connectivity index (χ2n) is 7.54. The Morgan fingerprint density at radius 1 is 1.35 bits per heavy atom. The Morgan fingerprint density at radius 2 is 2.08 bits per heavy atom. The van der Waals surface area contributed by atoms with Crippen LogP contribution in [0.3, 0.4) is 0 Å². The van der Waals surface area contributed by atoms with Gasteiger partial charge >= 0.3 is 0 Å². The highest BCUT2D eigenvalue weighted by Crippen LogP contribution is 2.32. The summed E-state index contributed by atoms with van der Waals surface area (Å²) in [6, 6.07) is 4.83. The van der Waals surface area contributed by atoms with E-state index in [1.165, 1.54) is 0 Å². The van der Waals surface area contributed by atoms with Crippen LogP contribution in [0.1, 0.15) is 44.2 Å². The number of carbonyl (C=O) groups excluding carboxylic acids is 1. The molecule has 144 valence electrons. The van der Waals surface area contributed by atoms with Crippen LogP contribution in [0.2, 0.25) is 0 Å². The number of rotatable bonds is 7. The number of hydrogen-bond acceptors (Lipinski definition) is 4. The summed E-state index contributed by atoms with van der Waals surface area (Å²) in [5.41, 5.74) is 7.74. The van der Waals surface area contributed by atoms with Crippen molar-refractivity contribution in [3.05, 3.63) is 29.3 Å². The van der Waals surface area contributed by atoms with Gasteiger partial charge in [0.25, 0.3) is 0 Å². The third kappa shape index (κ3) is 4.10. The van der Waals surface area contributed by atoms with Crippen molar-refractivity contribution in [1.29, 1.82) is 0 Å². The molecule has 1 amide bonds. The van der Waals surface area contributed by atoms with Crippen molar-refractivity contribution in [2.45, 2.75) is 57.0 Å². The predicted octanol–water partition coefficient (Wildman–Crippen LogP) is 1.73. The van der Waals surface area contributed by atoms with Crippen molar-refractivity contribution >= 4 is 15.9 Å². The summed E-state index contributed by atoms with van der Waals surface area (Å²) in [6.45, 7) is 5.89. The van der Waals surface area contributed by atoms with Crippen LogP contribution in [-0.2, 0) is 27.8 Å². The Balaban J connectivity index is 1.85. The smallest absolute Gasteiger partial charge is 0.243 e. The van der Waals surface area contributed by atoms with E-state index in [4.69, 9.17) is 5.73 Å². The van der Waals surface area contributed by atoms with Gasteiger partial charge in [-0.1, -0.05) is 13.0 Å². The van der Waals surface area contributed by atoms with Crippen LogP contribution >= 0.6 is 0 Å². The number of benzene rings is 1. The first-order chi connectivity index (χ1) is 12.3. The molecule has 1 aliphatic carbocycles. The fourth-order valence-corrected chi connectivity index (χ4v) is 5.13. The van der Waals surface area contributed by atoms with Crippen LogP contribution in [-0.4, -0.2) is 49.2 Å². The Hall–Kier alpha value is -1.44. The summed E-state index contributed by atoms with van der Waals surface area (Å²) in [4.78, 5) is 14.2. The highest BCUT2D eigenvalue weighted by atomic mass is 32.2. The van der Waals surface area contributed by atoms with Gasteiger partial charge in [0, 0.05) is 26.2 Å². The van der Waals surface area contributed by atoms with Gasteiger partial charge in [-0.25, -0.2) is 8.42 Å². The highest BCUT2D eigenvalue weighted by molar-refractivity contribution is 7.89. The second-order valence-corrected chi connectivity index (χ2v) is 9.47.